The summed E-state index contributed by atoms with van der Waals surface area (Å²) in [5, 5.41) is 6.44. The van der Waals surface area contributed by atoms with E-state index in [9.17, 15) is 8.42 Å². The summed E-state index contributed by atoms with van der Waals surface area (Å²) in [6, 6.07) is 18.0. The third-order valence-corrected chi connectivity index (χ3v) is 4.59. The van der Waals surface area contributed by atoms with E-state index in [1.807, 2.05) is 30.3 Å². The van der Waals surface area contributed by atoms with Gasteiger partial charge < -0.3 is 10.6 Å². The highest BCUT2D eigenvalue weighted by molar-refractivity contribution is 14.0. The van der Waals surface area contributed by atoms with Gasteiger partial charge in [-0.1, -0.05) is 48.0 Å². The number of sulfone groups is 1. The lowest BCUT2D eigenvalue weighted by atomic mass is 10.1. The Kier molecular flexibility index (Phi) is 9.64. The number of aryl methyl sites for hydroxylation is 1. The van der Waals surface area contributed by atoms with Crippen LogP contribution in [0, 0.1) is 6.92 Å². The number of anilines is 1. The fraction of sp³-hybridized carbons (Fsp3) is 0.316. The quantitative estimate of drug-likeness (QED) is 0.271. The van der Waals surface area contributed by atoms with Crippen molar-refractivity contribution in [3.63, 3.8) is 0 Å². The number of benzene rings is 2. The molecule has 5 nitrogen and oxygen atoms in total. The van der Waals surface area contributed by atoms with E-state index in [-0.39, 0.29) is 29.7 Å². The zero-order valence-corrected chi connectivity index (χ0v) is 18.3. The summed E-state index contributed by atoms with van der Waals surface area (Å²) in [6.45, 7) is 3.15. The van der Waals surface area contributed by atoms with Gasteiger partial charge in [-0.3, -0.25) is 0 Å². The zero-order chi connectivity index (χ0) is 18.1. The van der Waals surface area contributed by atoms with Crippen LogP contribution in [0.25, 0.3) is 0 Å². The maximum Gasteiger partial charge on any atom is 0.196 e. The highest BCUT2D eigenvalue weighted by atomic mass is 127. The number of nitrogens with one attached hydrogen (secondary N) is 2. The maximum atomic E-state index is 11.2. The minimum absolute atomic E-state index is 0. The topological polar surface area (TPSA) is 70.6 Å². The van der Waals surface area contributed by atoms with Gasteiger partial charge >= 0.3 is 0 Å². The van der Waals surface area contributed by atoms with E-state index in [0.29, 0.717) is 25.5 Å². The van der Waals surface area contributed by atoms with Crippen molar-refractivity contribution < 1.29 is 8.42 Å². The minimum Gasteiger partial charge on any atom is -0.356 e. The third-order valence-electron chi connectivity index (χ3n) is 3.56. The summed E-state index contributed by atoms with van der Waals surface area (Å²) in [7, 11) is -2.94. The van der Waals surface area contributed by atoms with Gasteiger partial charge in [0.1, 0.15) is 9.84 Å². The van der Waals surface area contributed by atoms with Crippen LogP contribution in [0.1, 0.15) is 17.5 Å². The van der Waals surface area contributed by atoms with Gasteiger partial charge in [-0.05, 0) is 31.0 Å². The Hall–Kier alpha value is -1.61. The van der Waals surface area contributed by atoms with Gasteiger partial charge in [0.25, 0.3) is 0 Å². The van der Waals surface area contributed by atoms with Crippen molar-refractivity contribution >= 4 is 45.5 Å². The van der Waals surface area contributed by atoms with Gasteiger partial charge in [0.15, 0.2) is 5.96 Å². The predicted octanol–water partition coefficient (Wildman–Crippen LogP) is 3.61. The molecular formula is C19H26IN3O2S. The first-order valence-corrected chi connectivity index (χ1v) is 10.3. The Morgan fingerprint density at radius 1 is 1.04 bits per heavy atom. The van der Waals surface area contributed by atoms with Gasteiger partial charge in [-0.2, -0.15) is 0 Å². The van der Waals surface area contributed by atoms with Crippen LogP contribution in [-0.2, 0) is 16.4 Å². The van der Waals surface area contributed by atoms with Gasteiger partial charge in [-0.25, -0.2) is 13.4 Å². The van der Waals surface area contributed by atoms with E-state index >= 15 is 0 Å². The summed E-state index contributed by atoms with van der Waals surface area (Å²) < 4.78 is 22.5. The molecule has 26 heavy (non-hydrogen) atoms. The van der Waals surface area contributed by atoms with Crippen molar-refractivity contribution in [3.05, 3.63) is 65.7 Å². The van der Waals surface area contributed by atoms with Crippen molar-refractivity contribution in [1.82, 2.24) is 5.32 Å². The standard InChI is InChI=1S/C19H25N3O2S.HI/c1-16-9-11-17(12-10-16)15-21-19(20-13-6-14-25(2,23)24)22-18-7-4-3-5-8-18;/h3-5,7-12H,6,13-15H2,1-2H3,(H2,20,21,22);1H. The second-order valence-corrected chi connectivity index (χ2v) is 8.31. The third kappa shape index (κ3) is 9.19. The molecule has 0 bridgehead atoms. The Balaban J connectivity index is 0.00000338. The molecule has 0 spiro atoms. The van der Waals surface area contributed by atoms with E-state index in [1.165, 1.54) is 11.8 Å². The molecule has 2 rings (SSSR count). The monoisotopic (exact) mass is 487 g/mol. The van der Waals surface area contributed by atoms with E-state index in [0.717, 1.165) is 11.3 Å². The lowest BCUT2D eigenvalue weighted by molar-refractivity contribution is 0.598. The lowest BCUT2D eigenvalue weighted by Crippen LogP contribution is -2.32. The summed E-state index contributed by atoms with van der Waals surface area (Å²) >= 11 is 0. The Morgan fingerprint density at radius 2 is 1.69 bits per heavy atom. The number of aliphatic imine (C=N–C) groups is 1. The van der Waals surface area contributed by atoms with Crippen LogP contribution >= 0.6 is 24.0 Å². The molecule has 0 aromatic heterocycles. The molecule has 0 aliphatic rings. The minimum atomic E-state index is -2.94. The zero-order valence-electron chi connectivity index (χ0n) is 15.1. The second-order valence-electron chi connectivity index (χ2n) is 6.05. The highest BCUT2D eigenvalue weighted by Crippen LogP contribution is 2.07. The molecule has 0 saturated heterocycles. The SMILES string of the molecule is Cc1ccc(CN=C(NCCCS(C)(=O)=O)Nc2ccccc2)cc1.I. The smallest absolute Gasteiger partial charge is 0.196 e. The number of halogens is 1. The molecule has 2 aromatic rings. The molecule has 142 valence electrons. The van der Waals surface area contributed by atoms with E-state index < -0.39 is 9.84 Å². The summed E-state index contributed by atoms with van der Waals surface area (Å²) in [6.07, 6.45) is 1.79. The van der Waals surface area contributed by atoms with Crippen LogP contribution in [0.2, 0.25) is 0 Å². The maximum absolute atomic E-state index is 11.2. The number of guanidine groups is 1. The average Bonchev–Trinajstić information content (AvgIpc) is 2.58. The van der Waals surface area contributed by atoms with Crippen LogP contribution in [0.4, 0.5) is 5.69 Å². The lowest BCUT2D eigenvalue weighted by Gasteiger charge is -2.12. The molecule has 0 aliphatic heterocycles. The first kappa shape index (κ1) is 22.4. The van der Waals surface area contributed by atoms with E-state index in [1.54, 1.807) is 0 Å². The Morgan fingerprint density at radius 3 is 2.31 bits per heavy atom. The van der Waals surface area contributed by atoms with Crippen molar-refractivity contribution in [2.75, 3.05) is 23.9 Å². The molecule has 0 heterocycles. The molecule has 0 unspecified atom stereocenters. The molecule has 0 aliphatic carbocycles. The van der Waals surface area contributed by atoms with Crippen LogP contribution in [0.15, 0.2) is 59.6 Å². The van der Waals surface area contributed by atoms with Gasteiger partial charge in [0.05, 0.1) is 12.3 Å². The number of para-hydroxylation sites is 1. The van der Waals surface area contributed by atoms with Crippen LogP contribution < -0.4 is 10.6 Å². The fourth-order valence-corrected chi connectivity index (χ4v) is 2.87. The fourth-order valence-electron chi connectivity index (χ4n) is 2.20. The van der Waals surface area contributed by atoms with Crippen LogP contribution in [0.5, 0.6) is 0 Å². The van der Waals surface area contributed by atoms with Crippen molar-refractivity contribution in [2.45, 2.75) is 19.9 Å². The molecule has 0 amide bonds. The summed E-state index contributed by atoms with van der Waals surface area (Å²) in [5.41, 5.74) is 3.27. The predicted molar refractivity (Wildman–Crippen MR) is 120 cm³/mol. The molecule has 0 fully saturated rings. The summed E-state index contributed by atoms with van der Waals surface area (Å²) in [4.78, 5) is 4.60. The Labute approximate surface area is 173 Å². The highest BCUT2D eigenvalue weighted by Gasteiger charge is 2.04. The van der Waals surface area contributed by atoms with Gasteiger partial charge in [0.2, 0.25) is 0 Å². The number of hydrogen-bond donors (Lipinski definition) is 2. The number of nitrogens with zero attached hydrogens (tertiary/aromatic N) is 1. The van der Waals surface area contributed by atoms with Crippen LogP contribution in [-0.4, -0.2) is 32.9 Å². The second kappa shape index (κ2) is 11.2. The Bertz CT molecular complexity index is 791. The van der Waals surface area contributed by atoms with Crippen molar-refractivity contribution in [1.29, 1.82) is 0 Å². The molecule has 0 radical (unpaired) electrons. The molecular weight excluding hydrogens is 461 g/mol. The average molecular weight is 487 g/mol. The first-order valence-electron chi connectivity index (χ1n) is 8.26. The molecule has 7 heteroatoms. The van der Waals surface area contributed by atoms with Crippen molar-refractivity contribution in [2.24, 2.45) is 4.99 Å². The molecule has 0 atom stereocenters. The molecule has 0 saturated carbocycles. The number of hydrogen-bond acceptors (Lipinski definition) is 3. The van der Waals surface area contributed by atoms with Crippen molar-refractivity contribution in [3.8, 4) is 0 Å². The normalized spacial score (nSPS) is 11.5. The molecule has 2 aromatic carbocycles. The summed E-state index contributed by atoms with van der Waals surface area (Å²) in [5.74, 6) is 0.802. The van der Waals surface area contributed by atoms with E-state index in [2.05, 4.69) is 46.8 Å². The first-order chi connectivity index (χ1) is 11.9. The molecule has 2 N–H and O–H groups in total. The van der Waals surface area contributed by atoms with E-state index in [4.69, 9.17) is 0 Å². The van der Waals surface area contributed by atoms with Crippen LogP contribution in [0.3, 0.4) is 0 Å². The number of rotatable bonds is 7. The van der Waals surface area contributed by atoms with Gasteiger partial charge in [-0.15, -0.1) is 24.0 Å². The van der Waals surface area contributed by atoms with Gasteiger partial charge in [0, 0.05) is 18.5 Å². The largest absolute Gasteiger partial charge is 0.356 e.